The van der Waals surface area contributed by atoms with Crippen molar-refractivity contribution in [2.24, 2.45) is 0 Å². The maximum absolute atomic E-state index is 11.3. The summed E-state index contributed by atoms with van der Waals surface area (Å²) in [5.74, 6) is 0.977. The first kappa shape index (κ1) is 18.4. The highest BCUT2D eigenvalue weighted by molar-refractivity contribution is 8.22. The van der Waals surface area contributed by atoms with Gasteiger partial charge in [-0.15, -0.1) is 10.8 Å². The average Bonchev–Trinajstić information content (AvgIpc) is 3.41. The maximum atomic E-state index is 11.3. The fourth-order valence-corrected chi connectivity index (χ4v) is 4.80. The number of rotatable bonds is 5. The Morgan fingerprint density at radius 1 is 1.15 bits per heavy atom. The van der Waals surface area contributed by atoms with Gasteiger partial charge >= 0.3 is 0 Å². The van der Waals surface area contributed by atoms with Crippen LogP contribution in [0, 0.1) is 0 Å². The summed E-state index contributed by atoms with van der Waals surface area (Å²) in [6.45, 7) is 0.412. The molecule has 0 aromatic heterocycles. The van der Waals surface area contributed by atoms with Crippen LogP contribution in [0.25, 0.3) is 0 Å². The number of fused-ring (bicyclic) bond motifs is 1. The summed E-state index contributed by atoms with van der Waals surface area (Å²) in [6.07, 6.45) is 3.29. The van der Waals surface area contributed by atoms with E-state index in [9.17, 15) is 17.5 Å². The first-order valence-corrected chi connectivity index (χ1v) is 11.8. The number of benzene rings is 2. The van der Waals surface area contributed by atoms with Crippen LogP contribution < -0.4 is 19.1 Å². The molecule has 0 saturated heterocycles. The van der Waals surface area contributed by atoms with Crippen molar-refractivity contribution in [1.82, 2.24) is 4.72 Å². The second kappa shape index (κ2) is 6.57. The fraction of sp³-hybridized carbons (Fsp3) is 0.294. The van der Waals surface area contributed by atoms with Crippen LogP contribution in [0.4, 0.5) is 11.4 Å². The first-order valence-electron chi connectivity index (χ1n) is 8.40. The predicted molar refractivity (Wildman–Crippen MR) is 106 cm³/mol. The van der Waals surface area contributed by atoms with Crippen LogP contribution in [0.1, 0.15) is 12.8 Å². The van der Waals surface area contributed by atoms with Crippen LogP contribution in [0.3, 0.4) is 0 Å². The molecular formula is C17H21N3O5S2. The molecule has 0 spiro atoms. The molecule has 27 heavy (non-hydrogen) atoms. The average molecular weight is 412 g/mol. The van der Waals surface area contributed by atoms with E-state index in [1.807, 2.05) is 6.07 Å². The molecular weight excluding hydrogens is 390 g/mol. The van der Waals surface area contributed by atoms with E-state index in [0.717, 1.165) is 24.8 Å². The molecule has 2 aromatic rings. The molecule has 4 N–H and O–H groups in total. The summed E-state index contributed by atoms with van der Waals surface area (Å²) < 4.78 is 54.2. The van der Waals surface area contributed by atoms with Gasteiger partial charge in [0, 0.05) is 17.8 Å². The number of ether oxygens (including phenoxy) is 1. The molecule has 2 aliphatic rings. The highest BCUT2D eigenvalue weighted by Gasteiger charge is 2.37. The molecule has 1 fully saturated rings. The Morgan fingerprint density at radius 3 is 2.44 bits per heavy atom. The first-order chi connectivity index (χ1) is 12.7. The van der Waals surface area contributed by atoms with E-state index in [1.165, 1.54) is 0 Å². The molecule has 1 aliphatic heterocycles. The maximum Gasteiger partial charge on any atom is 0.229 e. The van der Waals surface area contributed by atoms with Crippen LogP contribution >= 0.6 is 10.8 Å². The van der Waals surface area contributed by atoms with Gasteiger partial charge in [-0.1, -0.05) is 0 Å². The van der Waals surface area contributed by atoms with Crippen LogP contribution in [0.15, 0.2) is 47.4 Å². The van der Waals surface area contributed by atoms with E-state index in [2.05, 4.69) is 14.3 Å². The van der Waals surface area contributed by atoms with Gasteiger partial charge in [-0.25, -0.2) is 8.42 Å². The van der Waals surface area contributed by atoms with Crippen molar-refractivity contribution in [2.75, 3.05) is 22.5 Å². The van der Waals surface area contributed by atoms with Gasteiger partial charge in [0.05, 0.1) is 18.6 Å². The summed E-state index contributed by atoms with van der Waals surface area (Å²) in [6, 6.07) is 12.2. The molecule has 4 rings (SSSR count). The van der Waals surface area contributed by atoms with E-state index in [1.54, 1.807) is 36.4 Å². The van der Waals surface area contributed by atoms with E-state index in [-0.39, 0.29) is 0 Å². The Morgan fingerprint density at radius 2 is 1.81 bits per heavy atom. The fourth-order valence-electron chi connectivity index (χ4n) is 3.00. The van der Waals surface area contributed by atoms with Gasteiger partial charge in [0.1, 0.15) is 16.4 Å². The summed E-state index contributed by atoms with van der Waals surface area (Å²) in [5.41, 5.74) is 1.25. The minimum Gasteiger partial charge on any atom is -0.457 e. The largest absolute Gasteiger partial charge is 0.457 e. The van der Waals surface area contributed by atoms with Gasteiger partial charge in [0.15, 0.2) is 0 Å². The van der Waals surface area contributed by atoms with Crippen molar-refractivity contribution in [3.8, 4) is 11.5 Å². The van der Waals surface area contributed by atoms with Crippen molar-refractivity contribution in [3.05, 3.63) is 42.5 Å². The SMILES string of the molecule is CS(=O)(=O)Nc1ccc(Oc2ccc3c(c2)S(O)(O)NCN3C2CC2)cc1. The second-order valence-electron chi connectivity index (χ2n) is 6.68. The molecule has 1 aliphatic carbocycles. The van der Waals surface area contributed by atoms with Gasteiger partial charge in [-0.05, 0) is 49.2 Å². The standard InChI is InChI=1S/C17H21N3O5S2/c1-26(21,22)19-12-2-6-14(7-3-12)25-15-8-9-16-17(10-15)27(23,24)18-11-20(16)13-4-5-13/h2-3,6-10,13,18-19,23-24H,4-5,11H2,1H3. The second-order valence-corrected chi connectivity index (χ2v) is 10.3. The number of hydrogen-bond donors (Lipinski definition) is 4. The third-order valence-electron chi connectivity index (χ3n) is 4.36. The molecule has 1 heterocycles. The molecule has 0 radical (unpaired) electrons. The number of anilines is 2. The Kier molecular flexibility index (Phi) is 4.47. The van der Waals surface area contributed by atoms with Gasteiger partial charge in [0.25, 0.3) is 0 Å². The van der Waals surface area contributed by atoms with Crippen molar-refractivity contribution < 1.29 is 22.3 Å². The van der Waals surface area contributed by atoms with E-state index in [0.29, 0.717) is 34.8 Å². The van der Waals surface area contributed by atoms with Gasteiger partial charge < -0.3 is 9.64 Å². The lowest BCUT2D eigenvalue weighted by atomic mass is 10.2. The summed E-state index contributed by atoms with van der Waals surface area (Å²) in [4.78, 5) is 2.57. The summed E-state index contributed by atoms with van der Waals surface area (Å²) in [5, 5.41) is 0. The van der Waals surface area contributed by atoms with Gasteiger partial charge in [0.2, 0.25) is 10.0 Å². The highest BCUT2D eigenvalue weighted by atomic mass is 32.3. The molecule has 2 aromatic carbocycles. The van der Waals surface area contributed by atoms with Crippen molar-refractivity contribution in [3.63, 3.8) is 0 Å². The Labute approximate surface area is 159 Å². The van der Waals surface area contributed by atoms with Gasteiger partial charge in [-0.3, -0.25) is 13.8 Å². The zero-order chi connectivity index (χ0) is 19.2. The Hall–Kier alpha value is -1.98. The Bertz CT molecular complexity index is 959. The molecule has 8 nitrogen and oxygen atoms in total. The van der Waals surface area contributed by atoms with E-state index < -0.39 is 20.8 Å². The Balaban J connectivity index is 1.56. The quantitative estimate of drug-likeness (QED) is 0.597. The van der Waals surface area contributed by atoms with Crippen LogP contribution in [0.5, 0.6) is 11.5 Å². The third kappa shape index (κ3) is 4.14. The third-order valence-corrected chi connectivity index (χ3v) is 6.44. The lowest BCUT2D eigenvalue weighted by Gasteiger charge is -2.44. The molecule has 0 bridgehead atoms. The molecule has 0 atom stereocenters. The monoisotopic (exact) mass is 411 g/mol. The van der Waals surface area contributed by atoms with Crippen molar-refractivity contribution in [2.45, 2.75) is 23.8 Å². The topological polar surface area (TPSA) is 111 Å². The smallest absolute Gasteiger partial charge is 0.229 e. The summed E-state index contributed by atoms with van der Waals surface area (Å²) in [7, 11) is -6.41. The van der Waals surface area contributed by atoms with Crippen molar-refractivity contribution in [1.29, 1.82) is 0 Å². The van der Waals surface area contributed by atoms with Crippen LogP contribution in [-0.2, 0) is 10.0 Å². The summed E-state index contributed by atoms with van der Waals surface area (Å²) >= 11 is 0. The molecule has 0 unspecified atom stereocenters. The number of sulfonamides is 1. The molecule has 0 amide bonds. The van der Waals surface area contributed by atoms with Crippen LogP contribution in [0.2, 0.25) is 0 Å². The highest BCUT2D eigenvalue weighted by Crippen LogP contribution is 2.54. The predicted octanol–water partition coefficient (Wildman–Crippen LogP) is 3.40. The van der Waals surface area contributed by atoms with Crippen LogP contribution in [-0.4, -0.2) is 36.5 Å². The molecule has 146 valence electrons. The van der Waals surface area contributed by atoms with Gasteiger partial charge in [-0.2, -0.15) is 4.72 Å². The van der Waals surface area contributed by atoms with E-state index >= 15 is 0 Å². The number of nitrogens with zero attached hydrogens (tertiary/aromatic N) is 1. The minimum absolute atomic E-state index is 0.412. The molecule has 1 saturated carbocycles. The molecule has 10 heteroatoms. The number of nitrogens with one attached hydrogen (secondary N) is 2. The zero-order valence-corrected chi connectivity index (χ0v) is 16.3. The lowest BCUT2D eigenvalue weighted by Crippen LogP contribution is -2.42. The minimum atomic E-state index is -3.33. The number of hydrogen-bond acceptors (Lipinski definition) is 7. The normalized spacial score (nSPS) is 19.9. The lowest BCUT2D eigenvalue weighted by molar-refractivity contribution is 0.456. The van der Waals surface area contributed by atoms with Crippen molar-refractivity contribution >= 4 is 32.2 Å². The zero-order valence-electron chi connectivity index (χ0n) is 14.6. The van der Waals surface area contributed by atoms with E-state index in [4.69, 9.17) is 4.74 Å².